The van der Waals surface area contributed by atoms with Crippen molar-refractivity contribution in [3.05, 3.63) is 12.2 Å². The molecular weight excluding hydrogens is 208 g/mol. The Bertz CT molecular complexity index is 273. The molecule has 2 nitrogen and oxygen atoms in total. The summed E-state index contributed by atoms with van der Waals surface area (Å²) in [4.78, 5) is 2.92. The van der Waals surface area contributed by atoms with Gasteiger partial charge in [0.15, 0.2) is 0 Å². The lowest BCUT2D eigenvalue weighted by Crippen LogP contribution is -2.59. The van der Waals surface area contributed by atoms with Gasteiger partial charge in [0.05, 0.1) is 0 Å². The molecule has 3 rings (SSSR count). The maximum absolute atomic E-state index is 3.52. The van der Waals surface area contributed by atoms with Crippen LogP contribution in [0.4, 0.5) is 0 Å². The van der Waals surface area contributed by atoms with Gasteiger partial charge >= 0.3 is 0 Å². The maximum Gasteiger partial charge on any atom is 0.0139 e. The Morgan fingerprint density at radius 1 is 1.00 bits per heavy atom. The molecule has 2 heteroatoms. The molecule has 2 heterocycles. The first-order valence-electron chi connectivity index (χ1n) is 7.48. The van der Waals surface area contributed by atoms with E-state index < -0.39 is 0 Å². The Balaban J connectivity index is 1.73. The summed E-state index contributed by atoms with van der Waals surface area (Å²) in [5, 5.41) is 3.52. The second-order valence-corrected chi connectivity index (χ2v) is 6.08. The van der Waals surface area contributed by atoms with E-state index in [-0.39, 0.29) is 0 Å². The van der Waals surface area contributed by atoms with Crippen LogP contribution in [0, 0.1) is 0 Å². The summed E-state index contributed by atoms with van der Waals surface area (Å²) in [7, 11) is 2.14. The molecule has 2 saturated heterocycles. The largest absolute Gasteiger partial charge is 0.317 e. The van der Waals surface area contributed by atoms with E-state index in [2.05, 4.69) is 29.4 Å². The first-order chi connectivity index (χ1) is 8.38. The van der Waals surface area contributed by atoms with Crippen LogP contribution in [0.3, 0.4) is 0 Å². The SMILES string of the molecule is CNC1CC2CCCC(C1)N2C1CC=CCC1. The number of hydrogen-bond donors (Lipinski definition) is 1. The second kappa shape index (κ2) is 5.11. The molecule has 0 amide bonds. The number of rotatable bonds is 2. The molecule has 0 radical (unpaired) electrons. The monoisotopic (exact) mass is 234 g/mol. The van der Waals surface area contributed by atoms with Gasteiger partial charge in [-0.05, 0) is 52.0 Å². The zero-order valence-corrected chi connectivity index (χ0v) is 11.1. The Labute approximate surface area is 105 Å². The molecule has 0 saturated carbocycles. The van der Waals surface area contributed by atoms with Gasteiger partial charge in [-0.3, -0.25) is 4.90 Å². The van der Waals surface area contributed by atoms with E-state index >= 15 is 0 Å². The molecule has 0 spiro atoms. The third-order valence-electron chi connectivity index (χ3n) is 5.10. The van der Waals surface area contributed by atoms with Gasteiger partial charge in [-0.15, -0.1) is 0 Å². The van der Waals surface area contributed by atoms with Gasteiger partial charge < -0.3 is 5.32 Å². The van der Waals surface area contributed by atoms with Crippen LogP contribution in [-0.2, 0) is 0 Å². The molecule has 0 aromatic carbocycles. The molecule has 2 fully saturated rings. The number of piperidine rings is 2. The van der Waals surface area contributed by atoms with Crippen LogP contribution in [0.15, 0.2) is 12.2 Å². The van der Waals surface area contributed by atoms with E-state index in [1.165, 1.54) is 51.4 Å². The zero-order valence-electron chi connectivity index (χ0n) is 11.1. The highest BCUT2D eigenvalue weighted by Gasteiger charge is 2.40. The topological polar surface area (TPSA) is 15.3 Å². The van der Waals surface area contributed by atoms with E-state index in [1.807, 2.05) is 0 Å². The minimum atomic E-state index is 0.778. The van der Waals surface area contributed by atoms with Gasteiger partial charge in [0, 0.05) is 24.2 Å². The molecule has 0 aromatic rings. The van der Waals surface area contributed by atoms with Gasteiger partial charge in [-0.25, -0.2) is 0 Å². The second-order valence-electron chi connectivity index (χ2n) is 6.08. The Kier molecular flexibility index (Phi) is 3.53. The number of hydrogen-bond acceptors (Lipinski definition) is 2. The summed E-state index contributed by atoms with van der Waals surface area (Å²) in [5.74, 6) is 0. The highest BCUT2D eigenvalue weighted by molar-refractivity contribution is 5.02. The predicted octanol–water partition coefficient (Wildman–Crippen LogP) is 2.70. The molecule has 1 N–H and O–H groups in total. The van der Waals surface area contributed by atoms with Crippen LogP contribution >= 0.6 is 0 Å². The number of fused-ring (bicyclic) bond motifs is 2. The lowest BCUT2D eigenvalue weighted by atomic mass is 9.79. The predicted molar refractivity (Wildman–Crippen MR) is 72.1 cm³/mol. The molecule has 2 aliphatic heterocycles. The molecule has 17 heavy (non-hydrogen) atoms. The Morgan fingerprint density at radius 3 is 2.35 bits per heavy atom. The van der Waals surface area contributed by atoms with Crippen molar-refractivity contribution in [2.24, 2.45) is 0 Å². The summed E-state index contributed by atoms with van der Waals surface area (Å²) < 4.78 is 0. The molecule has 1 aliphatic carbocycles. The molecular formula is C15H26N2. The van der Waals surface area contributed by atoms with Crippen molar-refractivity contribution in [2.45, 2.75) is 75.5 Å². The Morgan fingerprint density at radius 2 is 1.76 bits per heavy atom. The van der Waals surface area contributed by atoms with Crippen molar-refractivity contribution >= 4 is 0 Å². The van der Waals surface area contributed by atoms with E-state index in [4.69, 9.17) is 0 Å². The van der Waals surface area contributed by atoms with E-state index in [0.717, 1.165) is 24.2 Å². The summed E-state index contributed by atoms with van der Waals surface area (Å²) in [6.45, 7) is 0. The van der Waals surface area contributed by atoms with Gasteiger partial charge in [-0.1, -0.05) is 18.6 Å². The highest BCUT2D eigenvalue weighted by atomic mass is 15.2. The van der Waals surface area contributed by atoms with E-state index in [1.54, 1.807) is 0 Å². The van der Waals surface area contributed by atoms with E-state index in [9.17, 15) is 0 Å². The minimum absolute atomic E-state index is 0.778. The number of allylic oxidation sites excluding steroid dienone is 1. The normalized spacial score (nSPS) is 42.6. The molecule has 3 unspecified atom stereocenters. The fraction of sp³-hybridized carbons (Fsp3) is 0.867. The molecule has 2 bridgehead atoms. The lowest BCUT2D eigenvalue weighted by molar-refractivity contribution is -0.0125. The standard InChI is InChI=1S/C15H26N2/c1-16-12-10-14-8-5-9-15(11-12)17(14)13-6-3-2-4-7-13/h2-3,12-16H,4-11H2,1H3. The molecule has 3 atom stereocenters. The number of nitrogens with one attached hydrogen (secondary N) is 1. The van der Waals surface area contributed by atoms with Gasteiger partial charge in [0.2, 0.25) is 0 Å². The fourth-order valence-corrected chi connectivity index (χ4v) is 4.30. The molecule has 0 aromatic heterocycles. The minimum Gasteiger partial charge on any atom is -0.317 e. The van der Waals surface area contributed by atoms with Crippen LogP contribution < -0.4 is 5.32 Å². The van der Waals surface area contributed by atoms with Crippen molar-refractivity contribution < 1.29 is 0 Å². The molecule has 96 valence electrons. The van der Waals surface area contributed by atoms with Gasteiger partial charge in [0.1, 0.15) is 0 Å². The number of nitrogens with zero attached hydrogens (tertiary/aromatic N) is 1. The van der Waals surface area contributed by atoms with Crippen LogP contribution in [0.25, 0.3) is 0 Å². The van der Waals surface area contributed by atoms with Crippen molar-refractivity contribution in [3.8, 4) is 0 Å². The van der Waals surface area contributed by atoms with Gasteiger partial charge in [0.25, 0.3) is 0 Å². The lowest BCUT2D eigenvalue weighted by Gasteiger charge is -2.52. The summed E-state index contributed by atoms with van der Waals surface area (Å²) in [5.41, 5.74) is 0. The first-order valence-corrected chi connectivity index (χ1v) is 7.48. The third kappa shape index (κ3) is 2.30. The van der Waals surface area contributed by atoms with Crippen molar-refractivity contribution in [1.82, 2.24) is 10.2 Å². The van der Waals surface area contributed by atoms with Crippen LogP contribution in [0.2, 0.25) is 0 Å². The first kappa shape index (κ1) is 11.7. The zero-order chi connectivity index (χ0) is 11.7. The summed E-state index contributed by atoms with van der Waals surface area (Å²) in [6, 6.07) is 3.38. The quantitative estimate of drug-likeness (QED) is 0.739. The van der Waals surface area contributed by atoms with Crippen LogP contribution in [-0.4, -0.2) is 36.1 Å². The van der Waals surface area contributed by atoms with Crippen molar-refractivity contribution in [1.29, 1.82) is 0 Å². The average molecular weight is 234 g/mol. The van der Waals surface area contributed by atoms with E-state index in [0.29, 0.717) is 0 Å². The average Bonchev–Trinajstić information content (AvgIpc) is 2.38. The third-order valence-corrected chi connectivity index (χ3v) is 5.10. The maximum atomic E-state index is 3.52. The summed E-state index contributed by atoms with van der Waals surface area (Å²) in [6.07, 6.45) is 15.9. The smallest absolute Gasteiger partial charge is 0.0139 e. The van der Waals surface area contributed by atoms with Gasteiger partial charge in [-0.2, -0.15) is 0 Å². The van der Waals surface area contributed by atoms with Crippen LogP contribution in [0.5, 0.6) is 0 Å². The fourth-order valence-electron chi connectivity index (χ4n) is 4.30. The highest BCUT2D eigenvalue weighted by Crippen LogP contribution is 2.37. The Hall–Kier alpha value is -0.340. The van der Waals surface area contributed by atoms with Crippen LogP contribution in [0.1, 0.15) is 51.4 Å². The molecule has 3 aliphatic rings. The summed E-state index contributed by atoms with van der Waals surface area (Å²) >= 11 is 0. The van der Waals surface area contributed by atoms with Crippen molar-refractivity contribution in [2.75, 3.05) is 7.05 Å². The van der Waals surface area contributed by atoms with Crippen molar-refractivity contribution in [3.63, 3.8) is 0 Å².